The van der Waals surface area contributed by atoms with Gasteiger partial charge < -0.3 is 4.74 Å². The molecule has 1 aliphatic rings. The lowest BCUT2D eigenvalue weighted by atomic mass is 10.1. The van der Waals surface area contributed by atoms with Crippen molar-refractivity contribution < 1.29 is 19.1 Å². The molecule has 0 N–H and O–H groups in total. The van der Waals surface area contributed by atoms with E-state index in [1.54, 1.807) is 24.3 Å². The van der Waals surface area contributed by atoms with Crippen LogP contribution >= 0.6 is 0 Å². The van der Waals surface area contributed by atoms with Crippen LogP contribution < -0.4 is 0 Å². The minimum Gasteiger partial charge on any atom is -0.459 e. The molecule has 0 atom stereocenters. The topological polar surface area (TPSA) is 63.7 Å². The lowest BCUT2D eigenvalue weighted by molar-refractivity contribution is -0.145. The molecule has 0 saturated carbocycles. The molecule has 0 radical (unpaired) electrons. The van der Waals surface area contributed by atoms with Crippen LogP contribution in [0.1, 0.15) is 37.4 Å². The Kier molecular flexibility index (Phi) is 4.16. The smallest absolute Gasteiger partial charge is 0.326 e. The largest absolute Gasteiger partial charge is 0.459 e. The molecular formula is C19H17NO4. The Bertz CT molecular complexity index is 806. The Morgan fingerprint density at radius 3 is 2.25 bits per heavy atom. The molecule has 0 fully saturated rings. The van der Waals surface area contributed by atoms with E-state index < -0.39 is 17.8 Å². The van der Waals surface area contributed by atoms with Crippen LogP contribution in [0.3, 0.4) is 0 Å². The monoisotopic (exact) mass is 323 g/mol. The predicted octanol–water partition coefficient (Wildman–Crippen LogP) is 2.64. The summed E-state index contributed by atoms with van der Waals surface area (Å²) >= 11 is 0. The number of ether oxygens (including phenoxy) is 1. The molecule has 0 aliphatic carbocycles. The van der Waals surface area contributed by atoms with Gasteiger partial charge in [0.15, 0.2) is 0 Å². The van der Waals surface area contributed by atoms with Gasteiger partial charge in [0.1, 0.15) is 13.2 Å². The standard InChI is InChI=1S/C19H17NO4/c1-12-7-8-13(2)14(9-12)11-24-17(21)10-20-18(22)15-5-3-4-6-16(15)19(20)23/h3-9H,10-11H2,1-2H3. The molecular weight excluding hydrogens is 306 g/mol. The van der Waals surface area contributed by atoms with Crippen LogP contribution in [0.25, 0.3) is 0 Å². The number of carbonyl (C=O) groups excluding carboxylic acids is 3. The van der Waals surface area contributed by atoms with Gasteiger partial charge in [-0.05, 0) is 37.1 Å². The first kappa shape index (κ1) is 15.9. The summed E-state index contributed by atoms with van der Waals surface area (Å²) in [6, 6.07) is 12.4. The second kappa shape index (κ2) is 6.28. The van der Waals surface area contributed by atoms with E-state index in [4.69, 9.17) is 4.74 Å². The van der Waals surface area contributed by atoms with Crippen molar-refractivity contribution >= 4 is 17.8 Å². The van der Waals surface area contributed by atoms with Crippen LogP contribution in [0.5, 0.6) is 0 Å². The fourth-order valence-electron chi connectivity index (χ4n) is 2.67. The van der Waals surface area contributed by atoms with Crippen LogP contribution in [-0.4, -0.2) is 29.2 Å². The summed E-state index contributed by atoms with van der Waals surface area (Å²) in [5.74, 6) is -1.52. The number of amides is 2. The first-order valence-corrected chi connectivity index (χ1v) is 7.64. The summed E-state index contributed by atoms with van der Waals surface area (Å²) in [5, 5.41) is 0. The van der Waals surface area contributed by atoms with Crippen molar-refractivity contribution in [1.29, 1.82) is 0 Å². The minimum absolute atomic E-state index is 0.121. The van der Waals surface area contributed by atoms with Gasteiger partial charge in [-0.3, -0.25) is 19.3 Å². The Hall–Kier alpha value is -2.95. The van der Waals surface area contributed by atoms with Crippen LogP contribution in [0.15, 0.2) is 42.5 Å². The number of hydrogen-bond acceptors (Lipinski definition) is 4. The molecule has 3 rings (SSSR count). The highest BCUT2D eigenvalue weighted by Gasteiger charge is 2.36. The van der Waals surface area contributed by atoms with Gasteiger partial charge in [-0.25, -0.2) is 0 Å². The summed E-state index contributed by atoms with van der Waals surface area (Å²) in [5.41, 5.74) is 3.65. The number of esters is 1. The highest BCUT2D eigenvalue weighted by Crippen LogP contribution is 2.22. The number of rotatable bonds is 4. The minimum atomic E-state index is -0.606. The Morgan fingerprint density at radius 1 is 1.00 bits per heavy atom. The molecule has 5 heteroatoms. The zero-order valence-corrected chi connectivity index (χ0v) is 13.5. The molecule has 24 heavy (non-hydrogen) atoms. The van der Waals surface area contributed by atoms with E-state index in [2.05, 4.69) is 0 Å². The molecule has 2 aromatic rings. The zero-order valence-electron chi connectivity index (χ0n) is 13.5. The molecule has 2 amide bonds. The molecule has 0 bridgehead atoms. The van der Waals surface area contributed by atoms with Gasteiger partial charge in [0, 0.05) is 0 Å². The van der Waals surface area contributed by atoms with E-state index in [1.807, 2.05) is 32.0 Å². The van der Waals surface area contributed by atoms with Gasteiger partial charge in [-0.15, -0.1) is 0 Å². The molecule has 1 aliphatic heterocycles. The first-order valence-electron chi connectivity index (χ1n) is 7.64. The van der Waals surface area contributed by atoms with E-state index >= 15 is 0 Å². The summed E-state index contributed by atoms with van der Waals surface area (Å²) in [7, 11) is 0. The number of carbonyl (C=O) groups is 3. The van der Waals surface area contributed by atoms with E-state index in [0.29, 0.717) is 11.1 Å². The third kappa shape index (κ3) is 2.93. The number of nitrogens with zero attached hydrogens (tertiary/aromatic N) is 1. The van der Waals surface area contributed by atoms with Crippen molar-refractivity contribution in [3.05, 3.63) is 70.3 Å². The number of benzene rings is 2. The third-order valence-electron chi connectivity index (χ3n) is 4.06. The lowest BCUT2D eigenvalue weighted by Gasteiger charge is -2.14. The summed E-state index contributed by atoms with van der Waals surface area (Å²) in [6.45, 7) is 3.64. The van der Waals surface area contributed by atoms with Crippen molar-refractivity contribution in [2.24, 2.45) is 0 Å². The maximum absolute atomic E-state index is 12.2. The van der Waals surface area contributed by atoms with E-state index in [9.17, 15) is 14.4 Å². The van der Waals surface area contributed by atoms with Gasteiger partial charge in [-0.1, -0.05) is 35.9 Å². The van der Waals surface area contributed by atoms with Crippen LogP contribution in [0, 0.1) is 13.8 Å². The van der Waals surface area contributed by atoms with Gasteiger partial charge in [0.05, 0.1) is 11.1 Å². The quantitative estimate of drug-likeness (QED) is 0.641. The van der Waals surface area contributed by atoms with Gasteiger partial charge in [-0.2, -0.15) is 0 Å². The van der Waals surface area contributed by atoms with E-state index in [0.717, 1.165) is 21.6 Å². The molecule has 0 saturated heterocycles. The van der Waals surface area contributed by atoms with Gasteiger partial charge in [0.25, 0.3) is 11.8 Å². The second-order valence-corrected chi connectivity index (χ2v) is 5.83. The highest BCUT2D eigenvalue weighted by atomic mass is 16.5. The molecule has 2 aromatic carbocycles. The molecule has 0 aromatic heterocycles. The van der Waals surface area contributed by atoms with Gasteiger partial charge >= 0.3 is 5.97 Å². The number of fused-ring (bicyclic) bond motifs is 1. The SMILES string of the molecule is Cc1ccc(C)c(COC(=O)CN2C(=O)c3ccccc3C2=O)c1. The first-order chi connectivity index (χ1) is 11.5. The number of aryl methyl sites for hydroxylation is 2. The molecule has 0 unspecified atom stereocenters. The molecule has 5 nitrogen and oxygen atoms in total. The second-order valence-electron chi connectivity index (χ2n) is 5.83. The number of hydrogen-bond donors (Lipinski definition) is 0. The van der Waals surface area contributed by atoms with Crippen molar-refractivity contribution in [3.63, 3.8) is 0 Å². The van der Waals surface area contributed by atoms with Crippen molar-refractivity contribution in [3.8, 4) is 0 Å². The summed E-state index contributed by atoms with van der Waals surface area (Å²) in [6.07, 6.45) is 0. The Balaban J connectivity index is 1.65. The zero-order chi connectivity index (χ0) is 17.3. The molecule has 1 heterocycles. The maximum Gasteiger partial charge on any atom is 0.326 e. The normalized spacial score (nSPS) is 13.2. The van der Waals surface area contributed by atoms with Crippen molar-refractivity contribution in [2.75, 3.05) is 6.54 Å². The van der Waals surface area contributed by atoms with Crippen molar-refractivity contribution in [1.82, 2.24) is 4.90 Å². The van der Waals surface area contributed by atoms with Crippen LogP contribution in [0.4, 0.5) is 0 Å². The fraction of sp³-hybridized carbons (Fsp3) is 0.211. The van der Waals surface area contributed by atoms with Crippen LogP contribution in [-0.2, 0) is 16.1 Å². The molecule has 0 spiro atoms. The number of imide groups is 1. The summed E-state index contributed by atoms with van der Waals surface area (Å²) in [4.78, 5) is 37.4. The van der Waals surface area contributed by atoms with Crippen molar-refractivity contribution in [2.45, 2.75) is 20.5 Å². The van der Waals surface area contributed by atoms with E-state index in [1.165, 1.54) is 0 Å². The Labute approximate surface area is 139 Å². The summed E-state index contributed by atoms with van der Waals surface area (Å²) < 4.78 is 5.24. The van der Waals surface area contributed by atoms with E-state index in [-0.39, 0.29) is 13.2 Å². The average molecular weight is 323 g/mol. The average Bonchev–Trinajstić information content (AvgIpc) is 2.81. The highest BCUT2D eigenvalue weighted by molar-refractivity contribution is 6.22. The maximum atomic E-state index is 12.2. The lowest BCUT2D eigenvalue weighted by Crippen LogP contribution is -2.35. The van der Waals surface area contributed by atoms with Crippen LogP contribution in [0.2, 0.25) is 0 Å². The predicted molar refractivity (Wildman–Crippen MR) is 87.5 cm³/mol. The molecule has 122 valence electrons. The van der Waals surface area contributed by atoms with Gasteiger partial charge in [0.2, 0.25) is 0 Å². The Morgan fingerprint density at radius 2 is 1.62 bits per heavy atom. The fourth-order valence-corrected chi connectivity index (χ4v) is 2.67. The third-order valence-corrected chi connectivity index (χ3v) is 4.06.